The Morgan fingerprint density at radius 1 is 1.05 bits per heavy atom. The molecular formula is C33H39N3O5. The third kappa shape index (κ3) is 5.03. The van der Waals surface area contributed by atoms with E-state index in [0.29, 0.717) is 17.9 Å². The van der Waals surface area contributed by atoms with Crippen LogP contribution >= 0.6 is 0 Å². The van der Waals surface area contributed by atoms with Gasteiger partial charge in [0.25, 0.3) is 0 Å². The first-order chi connectivity index (χ1) is 19.9. The monoisotopic (exact) mass is 557 g/mol. The summed E-state index contributed by atoms with van der Waals surface area (Å²) in [5.41, 5.74) is 0.631. The summed E-state index contributed by atoms with van der Waals surface area (Å²) < 4.78 is 11.7. The van der Waals surface area contributed by atoms with Crippen molar-refractivity contribution in [2.75, 3.05) is 12.4 Å². The summed E-state index contributed by atoms with van der Waals surface area (Å²) in [7, 11) is 1.59. The Kier molecular flexibility index (Phi) is 7.60. The second-order valence-corrected chi connectivity index (χ2v) is 11.9. The van der Waals surface area contributed by atoms with Crippen LogP contribution in [-0.4, -0.2) is 59.6 Å². The molecule has 3 amide bonds. The maximum absolute atomic E-state index is 14.3. The van der Waals surface area contributed by atoms with Gasteiger partial charge in [0.15, 0.2) is 0 Å². The fraction of sp³-hybridized carbons (Fsp3) is 0.485. The lowest BCUT2D eigenvalue weighted by molar-refractivity contribution is -0.143. The van der Waals surface area contributed by atoms with Crippen molar-refractivity contribution in [2.24, 2.45) is 11.8 Å². The molecule has 0 aromatic heterocycles. The zero-order chi connectivity index (χ0) is 28.6. The highest BCUT2D eigenvalue weighted by molar-refractivity contribution is 6.03. The number of carbonyl (C=O) groups is 3. The number of benzene rings is 2. The van der Waals surface area contributed by atoms with Crippen molar-refractivity contribution in [2.45, 2.75) is 81.7 Å². The molecule has 2 saturated heterocycles. The molecule has 0 unspecified atom stereocenters. The van der Waals surface area contributed by atoms with Gasteiger partial charge in [-0.1, -0.05) is 61.7 Å². The summed E-state index contributed by atoms with van der Waals surface area (Å²) in [5.74, 6) is -1.46. The Balaban J connectivity index is 1.28. The van der Waals surface area contributed by atoms with Crippen molar-refractivity contribution >= 4 is 23.4 Å². The van der Waals surface area contributed by atoms with Crippen LogP contribution in [0.1, 0.15) is 51.0 Å². The van der Waals surface area contributed by atoms with Crippen LogP contribution in [0, 0.1) is 11.8 Å². The Bertz CT molecular complexity index is 1310. The zero-order valence-corrected chi connectivity index (χ0v) is 23.8. The number of aryl methyl sites for hydroxylation is 1. The van der Waals surface area contributed by atoms with Crippen molar-refractivity contribution in [3.8, 4) is 5.75 Å². The minimum absolute atomic E-state index is 0.0972. The van der Waals surface area contributed by atoms with Crippen molar-refractivity contribution < 1.29 is 23.9 Å². The number of hydrogen-bond donors (Lipinski definition) is 2. The Morgan fingerprint density at radius 2 is 1.78 bits per heavy atom. The van der Waals surface area contributed by atoms with Gasteiger partial charge in [0.2, 0.25) is 17.7 Å². The Labute approximate surface area is 241 Å². The minimum atomic E-state index is -1.16. The van der Waals surface area contributed by atoms with Gasteiger partial charge >= 0.3 is 0 Å². The second-order valence-electron chi connectivity index (χ2n) is 11.9. The standard InChI is InChI=1S/C33H39N3O5/c1-21(13-14-22-9-5-3-6-10-22)36-29(31(38)35-23-11-7-4-8-12-23)33-20-19-26(41-33)27(28(33)32(36)39)30(37)34-24-15-17-25(40-2)18-16-24/h3,5-6,9-10,15-21,23,26-29H,4,7-8,11-14H2,1-2H3,(H,34,37)(H,35,38)/t21-,26+,27-,28+,29-,33+/m0/s1. The molecule has 0 radical (unpaired) electrons. The first-order valence-electron chi connectivity index (χ1n) is 14.9. The fourth-order valence-electron chi connectivity index (χ4n) is 7.27. The van der Waals surface area contributed by atoms with E-state index < -0.39 is 29.6 Å². The van der Waals surface area contributed by atoms with Gasteiger partial charge in [-0.25, -0.2) is 0 Å². The third-order valence-electron chi connectivity index (χ3n) is 9.34. The lowest BCUT2D eigenvalue weighted by Gasteiger charge is -2.36. The van der Waals surface area contributed by atoms with Crippen LogP contribution in [0.25, 0.3) is 0 Å². The van der Waals surface area contributed by atoms with Gasteiger partial charge in [0.05, 0.1) is 25.0 Å². The van der Waals surface area contributed by atoms with Crippen molar-refractivity contribution in [3.63, 3.8) is 0 Å². The van der Waals surface area contributed by atoms with Crippen molar-refractivity contribution in [1.29, 1.82) is 0 Å². The third-order valence-corrected chi connectivity index (χ3v) is 9.34. The van der Waals surface area contributed by atoms with Gasteiger partial charge in [-0.15, -0.1) is 0 Å². The maximum atomic E-state index is 14.3. The summed E-state index contributed by atoms with van der Waals surface area (Å²) in [4.78, 5) is 43.8. The molecule has 8 heteroatoms. The van der Waals surface area contributed by atoms with E-state index in [9.17, 15) is 14.4 Å². The van der Waals surface area contributed by atoms with Gasteiger partial charge in [-0.2, -0.15) is 0 Å². The SMILES string of the molecule is COc1ccc(NC(=O)[C@H]2[C@H]3C=C[C@]4(O3)[C@H](C(=O)NC3CCCCC3)N([C@@H](C)CCc3ccccc3)C(=O)[C@@H]24)cc1. The molecule has 2 aromatic carbocycles. The van der Waals surface area contributed by atoms with E-state index in [1.165, 1.54) is 12.0 Å². The van der Waals surface area contributed by atoms with Crippen LogP contribution in [0.4, 0.5) is 5.69 Å². The largest absolute Gasteiger partial charge is 0.497 e. The Hall–Kier alpha value is -3.65. The number of methoxy groups -OCH3 is 1. The predicted octanol–water partition coefficient (Wildman–Crippen LogP) is 4.25. The number of rotatable bonds is 9. The molecule has 8 nitrogen and oxygen atoms in total. The predicted molar refractivity (Wildman–Crippen MR) is 155 cm³/mol. The first-order valence-corrected chi connectivity index (χ1v) is 14.9. The van der Waals surface area contributed by atoms with E-state index in [-0.39, 0.29) is 29.8 Å². The summed E-state index contributed by atoms with van der Waals surface area (Å²) in [6.45, 7) is 2.00. The smallest absolute Gasteiger partial charge is 0.246 e. The molecule has 1 saturated carbocycles. The number of fused-ring (bicyclic) bond motifs is 1. The average molecular weight is 558 g/mol. The van der Waals surface area contributed by atoms with Gasteiger partial charge in [0, 0.05) is 17.8 Å². The normalized spacial score (nSPS) is 29.3. The van der Waals surface area contributed by atoms with E-state index in [1.54, 1.807) is 36.3 Å². The maximum Gasteiger partial charge on any atom is 0.246 e. The number of carbonyl (C=O) groups excluding carboxylic acids is 3. The molecule has 6 atom stereocenters. The number of amides is 3. The molecule has 2 aromatic rings. The highest BCUT2D eigenvalue weighted by atomic mass is 16.5. The number of nitrogens with one attached hydrogen (secondary N) is 2. The van der Waals surface area contributed by atoms with Gasteiger partial charge in [-0.3, -0.25) is 14.4 Å². The Morgan fingerprint density at radius 3 is 2.49 bits per heavy atom. The molecule has 1 spiro atoms. The molecule has 3 aliphatic heterocycles. The summed E-state index contributed by atoms with van der Waals surface area (Å²) >= 11 is 0. The van der Waals surface area contributed by atoms with E-state index in [1.807, 2.05) is 37.3 Å². The summed E-state index contributed by atoms with van der Waals surface area (Å²) in [6.07, 6.45) is 9.90. The lowest BCUT2D eigenvalue weighted by Crippen LogP contribution is -2.58. The van der Waals surface area contributed by atoms with Gasteiger partial charge in [-0.05, 0) is 62.4 Å². The van der Waals surface area contributed by atoms with Crippen LogP contribution in [-0.2, 0) is 25.5 Å². The van der Waals surface area contributed by atoms with Crippen LogP contribution in [0.3, 0.4) is 0 Å². The van der Waals surface area contributed by atoms with Gasteiger partial charge < -0.3 is 25.0 Å². The number of ether oxygens (including phenoxy) is 2. The molecule has 6 rings (SSSR count). The van der Waals surface area contributed by atoms with Crippen LogP contribution in [0.2, 0.25) is 0 Å². The molecule has 2 bridgehead atoms. The number of likely N-dealkylation sites (tertiary alicyclic amines) is 1. The number of anilines is 1. The van der Waals surface area contributed by atoms with Crippen LogP contribution < -0.4 is 15.4 Å². The highest BCUT2D eigenvalue weighted by Crippen LogP contribution is 2.56. The summed E-state index contributed by atoms with van der Waals surface area (Å²) in [5, 5.41) is 6.24. The molecule has 2 N–H and O–H groups in total. The summed E-state index contributed by atoms with van der Waals surface area (Å²) in [6, 6.07) is 16.3. The second kappa shape index (κ2) is 11.3. The molecule has 41 heavy (non-hydrogen) atoms. The molecule has 3 heterocycles. The topological polar surface area (TPSA) is 97.0 Å². The van der Waals surface area contributed by atoms with Crippen LogP contribution in [0.15, 0.2) is 66.7 Å². The lowest BCUT2D eigenvalue weighted by atomic mass is 9.74. The molecular weight excluding hydrogens is 518 g/mol. The first kappa shape index (κ1) is 27.5. The molecule has 4 aliphatic rings. The average Bonchev–Trinajstić information content (AvgIpc) is 3.64. The van der Waals surface area contributed by atoms with E-state index in [2.05, 4.69) is 22.8 Å². The molecule has 216 valence electrons. The van der Waals surface area contributed by atoms with Crippen molar-refractivity contribution in [1.82, 2.24) is 10.2 Å². The molecule has 1 aliphatic carbocycles. The number of hydrogen-bond acceptors (Lipinski definition) is 5. The zero-order valence-electron chi connectivity index (χ0n) is 23.8. The van der Waals surface area contributed by atoms with E-state index in [4.69, 9.17) is 9.47 Å². The van der Waals surface area contributed by atoms with E-state index >= 15 is 0 Å². The van der Waals surface area contributed by atoms with Gasteiger partial charge in [0.1, 0.15) is 17.4 Å². The quantitative estimate of drug-likeness (QED) is 0.450. The molecule has 3 fully saturated rings. The van der Waals surface area contributed by atoms with E-state index in [0.717, 1.165) is 32.1 Å². The fourth-order valence-corrected chi connectivity index (χ4v) is 7.27. The minimum Gasteiger partial charge on any atom is -0.497 e. The highest BCUT2D eigenvalue weighted by Gasteiger charge is 2.73. The van der Waals surface area contributed by atoms with Crippen LogP contribution in [0.5, 0.6) is 5.75 Å². The van der Waals surface area contributed by atoms with Crippen molar-refractivity contribution in [3.05, 3.63) is 72.3 Å². The number of nitrogens with zero attached hydrogens (tertiary/aromatic N) is 1.